The summed E-state index contributed by atoms with van der Waals surface area (Å²) in [5, 5.41) is 3.20. The first-order chi connectivity index (χ1) is 3.95. The summed E-state index contributed by atoms with van der Waals surface area (Å²) < 4.78 is 10.5. The smallest absolute Gasteiger partial charge is 0.170 e. The zero-order valence-corrected chi connectivity index (χ0v) is 4.59. The second-order valence-electron chi connectivity index (χ2n) is 2.18. The van der Waals surface area contributed by atoms with Gasteiger partial charge >= 0.3 is 0 Å². The number of hydrogen-bond acceptors (Lipinski definition) is 3. The molecular weight excluding hydrogens is 106 g/mol. The molecule has 3 heteroatoms. The molecule has 0 aromatic carbocycles. The molecule has 0 unspecified atom stereocenters. The van der Waals surface area contributed by atoms with Crippen molar-refractivity contribution in [1.82, 2.24) is 5.32 Å². The molecule has 0 saturated carbocycles. The SMILES string of the molecule is C1NC[C@@H]2OC[C@H]1O2. The van der Waals surface area contributed by atoms with Crippen LogP contribution in [0.1, 0.15) is 0 Å². The first-order valence-corrected chi connectivity index (χ1v) is 2.93. The van der Waals surface area contributed by atoms with Gasteiger partial charge in [-0.25, -0.2) is 0 Å². The van der Waals surface area contributed by atoms with Gasteiger partial charge < -0.3 is 14.8 Å². The average Bonchev–Trinajstić information content (AvgIpc) is 2.12. The maximum atomic E-state index is 5.31. The van der Waals surface area contributed by atoms with Crippen LogP contribution in [0.5, 0.6) is 0 Å². The van der Waals surface area contributed by atoms with Crippen LogP contribution in [0.25, 0.3) is 0 Å². The molecule has 3 nitrogen and oxygen atoms in total. The Kier molecular flexibility index (Phi) is 0.997. The molecule has 2 rings (SSSR count). The molecule has 0 spiro atoms. The molecule has 2 heterocycles. The molecule has 2 bridgehead atoms. The van der Waals surface area contributed by atoms with E-state index in [2.05, 4.69) is 5.32 Å². The van der Waals surface area contributed by atoms with Crippen LogP contribution in [0.4, 0.5) is 0 Å². The molecule has 1 N–H and O–H groups in total. The van der Waals surface area contributed by atoms with Gasteiger partial charge in [-0.05, 0) is 0 Å². The first kappa shape index (κ1) is 4.73. The van der Waals surface area contributed by atoms with Crippen LogP contribution in [0.15, 0.2) is 0 Å². The van der Waals surface area contributed by atoms with Gasteiger partial charge in [0.2, 0.25) is 0 Å². The molecule has 0 aromatic rings. The average molecular weight is 115 g/mol. The van der Waals surface area contributed by atoms with Gasteiger partial charge in [-0.2, -0.15) is 0 Å². The van der Waals surface area contributed by atoms with Crippen LogP contribution in [0.3, 0.4) is 0 Å². The van der Waals surface area contributed by atoms with Crippen LogP contribution in [-0.4, -0.2) is 32.1 Å². The number of fused-ring (bicyclic) bond motifs is 2. The topological polar surface area (TPSA) is 30.5 Å². The van der Waals surface area contributed by atoms with E-state index >= 15 is 0 Å². The van der Waals surface area contributed by atoms with E-state index in [1.54, 1.807) is 0 Å². The lowest BCUT2D eigenvalue weighted by Crippen LogP contribution is -2.39. The molecule has 2 fully saturated rings. The van der Waals surface area contributed by atoms with Crippen molar-refractivity contribution in [3.05, 3.63) is 0 Å². The number of morpholine rings is 1. The molecule has 8 heavy (non-hydrogen) atoms. The normalized spacial score (nSPS) is 45.0. The third kappa shape index (κ3) is 0.632. The molecule has 2 saturated heterocycles. The van der Waals surface area contributed by atoms with Crippen LogP contribution < -0.4 is 5.32 Å². The predicted octanol–water partition coefficient (Wildman–Crippen LogP) is -0.669. The fourth-order valence-electron chi connectivity index (χ4n) is 1.08. The zero-order valence-electron chi connectivity index (χ0n) is 4.59. The monoisotopic (exact) mass is 115 g/mol. The van der Waals surface area contributed by atoms with Crippen LogP contribution >= 0.6 is 0 Å². The standard InChI is InChI=1S/C5H9NO2/c1-4-3-7-5(8-4)2-6-1/h4-6H,1-3H2/t4-,5+/m0/s1. The highest BCUT2D eigenvalue weighted by Crippen LogP contribution is 2.13. The highest BCUT2D eigenvalue weighted by molar-refractivity contribution is 4.74. The predicted molar refractivity (Wildman–Crippen MR) is 27.5 cm³/mol. The minimum atomic E-state index is 0.0498. The highest BCUT2D eigenvalue weighted by Gasteiger charge is 2.29. The van der Waals surface area contributed by atoms with Gasteiger partial charge in [-0.15, -0.1) is 0 Å². The number of hydrogen-bond donors (Lipinski definition) is 1. The van der Waals surface area contributed by atoms with Crippen LogP contribution in [0.2, 0.25) is 0 Å². The summed E-state index contributed by atoms with van der Waals surface area (Å²) in [6.45, 7) is 2.59. The number of nitrogens with one attached hydrogen (secondary N) is 1. The van der Waals surface area contributed by atoms with Gasteiger partial charge in [0.25, 0.3) is 0 Å². The molecule has 0 aromatic heterocycles. The van der Waals surface area contributed by atoms with Crippen molar-refractivity contribution in [2.24, 2.45) is 0 Å². The van der Waals surface area contributed by atoms with Crippen molar-refractivity contribution in [2.75, 3.05) is 19.7 Å². The summed E-state index contributed by atoms with van der Waals surface area (Å²) in [7, 11) is 0. The molecule has 46 valence electrons. The third-order valence-electron chi connectivity index (χ3n) is 1.50. The van der Waals surface area contributed by atoms with Crippen molar-refractivity contribution in [3.8, 4) is 0 Å². The molecule has 2 atom stereocenters. The van der Waals surface area contributed by atoms with E-state index in [4.69, 9.17) is 9.47 Å². The number of ether oxygens (including phenoxy) is 2. The zero-order chi connectivity index (χ0) is 5.40. The summed E-state index contributed by atoms with van der Waals surface area (Å²) in [6.07, 6.45) is 0.377. The summed E-state index contributed by atoms with van der Waals surface area (Å²) in [5.74, 6) is 0. The Labute approximate surface area is 48.0 Å². The van der Waals surface area contributed by atoms with Crippen molar-refractivity contribution in [1.29, 1.82) is 0 Å². The number of rotatable bonds is 0. The Bertz CT molecular complexity index is 82.4. The quantitative estimate of drug-likeness (QED) is 0.454. The Morgan fingerprint density at radius 3 is 3.12 bits per heavy atom. The fraction of sp³-hybridized carbons (Fsp3) is 1.00. The van der Waals surface area contributed by atoms with Crippen LogP contribution in [0, 0.1) is 0 Å². The first-order valence-electron chi connectivity index (χ1n) is 2.93. The lowest BCUT2D eigenvalue weighted by Gasteiger charge is -2.17. The van der Waals surface area contributed by atoms with E-state index in [1.165, 1.54) is 0 Å². The lowest BCUT2D eigenvalue weighted by molar-refractivity contribution is -0.0707. The van der Waals surface area contributed by atoms with Gasteiger partial charge in [-0.3, -0.25) is 0 Å². The minimum absolute atomic E-state index is 0.0498. The van der Waals surface area contributed by atoms with Crippen molar-refractivity contribution in [3.63, 3.8) is 0 Å². The van der Waals surface area contributed by atoms with Gasteiger partial charge in [0.05, 0.1) is 12.7 Å². The van der Waals surface area contributed by atoms with Gasteiger partial charge in [0.1, 0.15) is 0 Å². The van der Waals surface area contributed by atoms with Crippen molar-refractivity contribution >= 4 is 0 Å². The summed E-state index contributed by atoms with van der Waals surface area (Å²) in [6, 6.07) is 0. The maximum absolute atomic E-state index is 5.31. The Morgan fingerprint density at radius 1 is 1.38 bits per heavy atom. The van der Waals surface area contributed by atoms with Crippen LogP contribution in [-0.2, 0) is 9.47 Å². The van der Waals surface area contributed by atoms with E-state index in [0.29, 0.717) is 6.10 Å². The maximum Gasteiger partial charge on any atom is 0.170 e. The summed E-state index contributed by atoms with van der Waals surface area (Å²) in [4.78, 5) is 0. The summed E-state index contributed by atoms with van der Waals surface area (Å²) in [5.41, 5.74) is 0. The van der Waals surface area contributed by atoms with Gasteiger partial charge in [0, 0.05) is 13.1 Å². The van der Waals surface area contributed by atoms with E-state index in [1.807, 2.05) is 0 Å². The van der Waals surface area contributed by atoms with Gasteiger partial charge in [0.15, 0.2) is 6.29 Å². The van der Waals surface area contributed by atoms with Crippen molar-refractivity contribution in [2.45, 2.75) is 12.4 Å². The second kappa shape index (κ2) is 1.69. The van der Waals surface area contributed by atoms with E-state index in [0.717, 1.165) is 19.7 Å². The second-order valence-corrected chi connectivity index (χ2v) is 2.18. The molecule has 0 aliphatic carbocycles. The highest BCUT2D eigenvalue weighted by atomic mass is 16.7. The Hall–Kier alpha value is -0.120. The fourth-order valence-corrected chi connectivity index (χ4v) is 1.08. The molecule has 2 aliphatic rings. The lowest BCUT2D eigenvalue weighted by atomic mass is 10.3. The van der Waals surface area contributed by atoms with E-state index in [9.17, 15) is 0 Å². The minimum Gasteiger partial charge on any atom is -0.349 e. The third-order valence-corrected chi connectivity index (χ3v) is 1.50. The van der Waals surface area contributed by atoms with Gasteiger partial charge in [-0.1, -0.05) is 0 Å². The Morgan fingerprint density at radius 2 is 2.38 bits per heavy atom. The van der Waals surface area contributed by atoms with Crippen molar-refractivity contribution < 1.29 is 9.47 Å². The summed E-state index contributed by atoms with van der Waals surface area (Å²) >= 11 is 0. The largest absolute Gasteiger partial charge is 0.349 e. The van der Waals surface area contributed by atoms with E-state index < -0.39 is 0 Å². The molecule has 0 amide bonds. The molecule has 2 aliphatic heterocycles. The van der Waals surface area contributed by atoms with E-state index in [-0.39, 0.29) is 6.29 Å². The molecular formula is C5H9NO2. The Balaban J connectivity index is 2.03. The molecule has 0 radical (unpaired) electrons.